The molecule has 112 valence electrons. The third kappa shape index (κ3) is 3.72. The molecule has 0 radical (unpaired) electrons. The van der Waals surface area contributed by atoms with Gasteiger partial charge in [0.15, 0.2) is 0 Å². The summed E-state index contributed by atoms with van der Waals surface area (Å²) in [5.41, 5.74) is 7.37. The fraction of sp³-hybridized carbons (Fsp3) is 0.647. The molecule has 0 aliphatic heterocycles. The Labute approximate surface area is 122 Å². The van der Waals surface area contributed by atoms with Crippen molar-refractivity contribution in [1.82, 2.24) is 0 Å². The van der Waals surface area contributed by atoms with E-state index in [1.54, 1.807) is 0 Å². The molecule has 1 fully saturated rings. The molecule has 3 atom stereocenters. The maximum absolute atomic E-state index is 13.0. The molecular formula is C17H27FN2. The molecule has 3 unspecified atom stereocenters. The monoisotopic (exact) mass is 278 g/mol. The maximum Gasteiger partial charge on any atom is 0.123 e. The van der Waals surface area contributed by atoms with Crippen molar-refractivity contribution in [2.75, 3.05) is 18.5 Å². The van der Waals surface area contributed by atoms with E-state index in [4.69, 9.17) is 5.73 Å². The average molecular weight is 278 g/mol. The van der Waals surface area contributed by atoms with Gasteiger partial charge >= 0.3 is 0 Å². The molecule has 0 bridgehead atoms. The third-order valence-electron chi connectivity index (χ3n) is 4.80. The minimum Gasteiger partial charge on any atom is -0.374 e. The molecule has 1 aliphatic rings. The molecule has 2 rings (SSSR count). The first-order chi connectivity index (χ1) is 9.47. The van der Waals surface area contributed by atoms with Crippen LogP contribution in [0.3, 0.4) is 0 Å². The van der Waals surface area contributed by atoms with Crippen molar-refractivity contribution in [3.8, 4) is 0 Å². The number of halogens is 1. The molecule has 2 nitrogen and oxygen atoms in total. The molecule has 0 heterocycles. The summed E-state index contributed by atoms with van der Waals surface area (Å²) in [6.07, 6.45) is 3.60. The fourth-order valence-electron chi connectivity index (χ4n) is 3.29. The Morgan fingerprint density at radius 2 is 1.90 bits per heavy atom. The molecule has 1 aromatic rings. The van der Waals surface area contributed by atoms with Crippen LogP contribution in [0.15, 0.2) is 24.3 Å². The Hall–Kier alpha value is -1.09. The van der Waals surface area contributed by atoms with Gasteiger partial charge in [-0.15, -0.1) is 0 Å². The van der Waals surface area contributed by atoms with Gasteiger partial charge in [0.25, 0.3) is 0 Å². The summed E-state index contributed by atoms with van der Waals surface area (Å²) in [7, 11) is 2.07. The van der Waals surface area contributed by atoms with Crippen molar-refractivity contribution in [2.45, 2.75) is 39.2 Å². The van der Waals surface area contributed by atoms with E-state index in [1.165, 1.54) is 25.0 Å². The predicted octanol–water partition coefficient (Wildman–Crippen LogP) is 3.66. The fourth-order valence-corrected chi connectivity index (χ4v) is 3.29. The normalized spacial score (nSPS) is 26.8. The summed E-state index contributed by atoms with van der Waals surface area (Å²) in [6.45, 7) is 5.57. The zero-order chi connectivity index (χ0) is 14.7. The van der Waals surface area contributed by atoms with Crippen molar-refractivity contribution < 1.29 is 4.39 Å². The summed E-state index contributed by atoms with van der Waals surface area (Å²) in [5, 5.41) is 0. The first-order valence-electron chi connectivity index (χ1n) is 7.69. The number of nitrogens with two attached hydrogens (primary N) is 1. The largest absolute Gasteiger partial charge is 0.374 e. The van der Waals surface area contributed by atoms with Gasteiger partial charge in [-0.25, -0.2) is 4.39 Å². The van der Waals surface area contributed by atoms with E-state index < -0.39 is 0 Å². The zero-order valence-corrected chi connectivity index (χ0v) is 12.8. The highest BCUT2D eigenvalue weighted by atomic mass is 19.1. The van der Waals surface area contributed by atoms with Crippen LogP contribution in [0, 0.1) is 23.6 Å². The smallest absolute Gasteiger partial charge is 0.123 e. The first kappa shape index (κ1) is 15.3. The Bertz CT molecular complexity index is 416. The van der Waals surface area contributed by atoms with Crippen LogP contribution in [0.4, 0.5) is 10.1 Å². The Morgan fingerprint density at radius 3 is 2.50 bits per heavy atom. The van der Waals surface area contributed by atoms with Gasteiger partial charge in [0, 0.05) is 25.3 Å². The van der Waals surface area contributed by atoms with Crippen molar-refractivity contribution in [3.05, 3.63) is 30.1 Å². The summed E-state index contributed by atoms with van der Waals surface area (Å²) in [6, 6.07) is 7.01. The highest BCUT2D eigenvalue weighted by Crippen LogP contribution is 2.34. The zero-order valence-electron chi connectivity index (χ0n) is 12.8. The quantitative estimate of drug-likeness (QED) is 0.910. The molecule has 0 spiro atoms. The standard InChI is InChI=1S/C17H27FN2/c1-12(2)13-4-9-17(19)14(10-13)11-20(3)16-7-5-15(18)6-8-16/h5-8,12-14,17H,4,9-11,19H2,1-3H3. The molecule has 1 saturated carbocycles. The topological polar surface area (TPSA) is 29.3 Å². The Balaban J connectivity index is 1.98. The van der Waals surface area contributed by atoms with Crippen molar-refractivity contribution in [2.24, 2.45) is 23.5 Å². The van der Waals surface area contributed by atoms with Crippen LogP contribution in [0.1, 0.15) is 33.1 Å². The van der Waals surface area contributed by atoms with Gasteiger partial charge in [-0.1, -0.05) is 13.8 Å². The van der Waals surface area contributed by atoms with Gasteiger partial charge in [0.1, 0.15) is 5.82 Å². The lowest BCUT2D eigenvalue weighted by molar-refractivity contribution is 0.193. The lowest BCUT2D eigenvalue weighted by atomic mass is 9.74. The lowest BCUT2D eigenvalue weighted by Crippen LogP contribution is -2.43. The third-order valence-corrected chi connectivity index (χ3v) is 4.80. The summed E-state index contributed by atoms with van der Waals surface area (Å²) >= 11 is 0. The SMILES string of the molecule is CC(C)C1CCC(N)C(CN(C)c2ccc(F)cc2)C1. The van der Waals surface area contributed by atoms with Crippen LogP contribution >= 0.6 is 0 Å². The van der Waals surface area contributed by atoms with Crippen LogP contribution in [0.5, 0.6) is 0 Å². The minimum atomic E-state index is -0.184. The molecule has 20 heavy (non-hydrogen) atoms. The molecule has 0 amide bonds. The number of rotatable bonds is 4. The molecule has 1 aliphatic carbocycles. The summed E-state index contributed by atoms with van der Waals surface area (Å²) in [5.74, 6) is 1.88. The number of hydrogen-bond acceptors (Lipinski definition) is 2. The van der Waals surface area contributed by atoms with E-state index in [2.05, 4.69) is 25.8 Å². The summed E-state index contributed by atoms with van der Waals surface area (Å²) < 4.78 is 13.0. The summed E-state index contributed by atoms with van der Waals surface area (Å²) in [4.78, 5) is 2.20. The predicted molar refractivity (Wildman–Crippen MR) is 83.3 cm³/mol. The van der Waals surface area contributed by atoms with E-state index in [0.717, 1.165) is 30.5 Å². The van der Waals surface area contributed by atoms with Gasteiger partial charge in [-0.3, -0.25) is 0 Å². The number of anilines is 1. The second kappa shape index (κ2) is 6.57. The van der Waals surface area contributed by atoms with Gasteiger partial charge in [-0.05, 0) is 61.3 Å². The van der Waals surface area contributed by atoms with Gasteiger partial charge < -0.3 is 10.6 Å². The second-order valence-electron chi connectivity index (χ2n) is 6.60. The average Bonchev–Trinajstić information content (AvgIpc) is 2.41. The highest BCUT2D eigenvalue weighted by molar-refractivity contribution is 5.45. The lowest BCUT2D eigenvalue weighted by Gasteiger charge is -2.38. The van der Waals surface area contributed by atoms with E-state index in [0.29, 0.717) is 12.0 Å². The minimum absolute atomic E-state index is 0.184. The van der Waals surface area contributed by atoms with E-state index in [-0.39, 0.29) is 5.82 Å². The molecule has 0 aromatic heterocycles. The van der Waals surface area contributed by atoms with Crippen LogP contribution < -0.4 is 10.6 Å². The number of nitrogens with zero attached hydrogens (tertiary/aromatic N) is 1. The number of benzene rings is 1. The maximum atomic E-state index is 13.0. The van der Waals surface area contributed by atoms with Crippen molar-refractivity contribution in [3.63, 3.8) is 0 Å². The molecule has 0 saturated heterocycles. The van der Waals surface area contributed by atoms with Gasteiger partial charge in [0.05, 0.1) is 0 Å². The molecular weight excluding hydrogens is 251 g/mol. The molecule has 1 aromatic carbocycles. The number of hydrogen-bond donors (Lipinski definition) is 1. The molecule has 3 heteroatoms. The van der Waals surface area contributed by atoms with Crippen molar-refractivity contribution >= 4 is 5.69 Å². The molecule has 2 N–H and O–H groups in total. The van der Waals surface area contributed by atoms with E-state index in [1.807, 2.05) is 12.1 Å². The van der Waals surface area contributed by atoms with Crippen LogP contribution in [-0.4, -0.2) is 19.6 Å². The Morgan fingerprint density at radius 1 is 1.25 bits per heavy atom. The Kier molecular flexibility index (Phi) is 5.03. The van der Waals surface area contributed by atoms with Crippen LogP contribution in [-0.2, 0) is 0 Å². The van der Waals surface area contributed by atoms with E-state index >= 15 is 0 Å². The first-order valence-corrected chi connectivity index (χ1v) is 7.69. The van der Waals surface area contributed by atoms with E-state index in [9.17, 15) is 4.39 Å². The second-order valence-corrected chi connectivity index (χ2v) is 6.60. The van der Waals surface area contributed by atoms with Crippen molar-refractivity contribution in [1.29, 1.82) is 0 Å². The highest BCUT2D eigenvalue weighted by Gasteiger charge is 2.30. The van der Waals surface area contributed by atoms with Crippen LogP contribution in [0.2, 0.25) is 0 Å². The van der Waals surface area contributed by atoms with Gasteiger partial charge in [-0.2, -0.15) is 0 Å². The van der Waals surface area contributed by atoms with Gasteiger partial charge in [0.2, 0.25) is 0 Å². The van der Waals surface area contributed by atoms with Crippen LogP contribution in [0.25, 0.3) is 0 Å².